The van der Waals surface area contributed by atoms with E-state index < -0.39 is 34.5 Å². The summed E-state index contributed by atoms with van der Waals surface area (Å²) in [6.45, 7) is 0. The minimum Gasteiger partial charge on any atom is -0.504 e. The van der Waals surface area contributed by atoms with Crippen molar-refractivity contribution in [2.75, 3.05) is 0 Å². The molecule has 6 nitrogen and oxygen atoms in total. The van der Waals surface area contributed by atoms with Gasteiger partial charge in [-0.3, -0.25) is 0 Å². The van der Waals surface area contributed by atoms with Crippen molar-refractivity contribution in [3.05, 3.63) is 24.3 Å². The molecule has 19 heavy (non-hydrogen) atoms. The van der Waals surface area contributed by atoms with Crippen molar-refractivity contribution in [3.63, 3.8) is 0 Å². The van der Waals surface area contributed by atoms with Crippen LogP contribution in [-0.4, -0.2) is 30.6 Å². The third kappa shape index (κ3) is 2.27. The van der Waals surface area contributed by atoms with Crippen LogP contribution in [0.2, 0.25) is 0 Å². The molecule has 0 unspecified atom stereocenters. The number of phenols is 6. The molecule has 7 heteroatoms. The summed E-state index contributed by atoms with van der Waals surface area (Å²) >= 11 is 0.844. The number of hydrogen-bond donors (Lipinski definition) is 6. The maximum absolute atomic E-state index is 9.63. The zero-order valence-corrected chi connectivity index (χ0v) is 10.2. The van der Waals surface area contributed by atoms with Gasteiger partial charge in [0.2, 0.25) is 11.5 Å². The van der Waals surface area contributed by atoms with Gasteiger partial charge in [0.25, 0.3) is 0 Å². The molecule has 6 N–H and O–H groups in total. The smallest absolute Gasteiger partial charge is 0.201 e. The van der Waals surface area contributed by atoms with Gasteiger partial charge in [0.15, 0.2) is 23.0 Å². The van der Waals surface area contributed by atoms with E-state index in [0.717, 1.165) is 11.8 Å². The molecular formula is C12H10O6S. The second-order valence-electron chi connectivity index (χ2n) is 3.66. The molecule has 0 fully saturated rings. The molecular weight excluding hydrogens is 272 g/mol. The number of aromatic hydroxyl groups is 6. The van der Waals surface area contributed by atoms with E-state index in [9.17, 15) is 30.6 Å². The SMILES string of the molecule is Oc1ccc(Sc2ccc(O)c(O)c2O)c(O)c1O. The highest BCUT2D eigenvalue weighted by Crippen LogP contribution is 2.48. The van der Waals surface area contributed by atoms with Gasteiger partial charge in [0.05, 0.1) is 9.79 Å². The van der Waals surface area contributed by atoms with E-state index in [2.05, 4.69) is 0 Å². The minimum absolute atomic E-state index is 0.163. The molecule has 2 rings (SSSR count). The Hall–Kier alpha value is -2.41. The van der Waals surface area contributed by atoms with Crippen LogP contribution in [0.15, 0.2) is 34.1 Å². The minimum atomic E-state index is -0.674. The lowest BCUT2D eigenvalue weighted by Gasteiger charge is -2.09. The fourth-order valence-corrected chi connectivity index (χ4v) is 2.28. The van der Waals surface area contributed by atoms with Gasteiger partial charge in [0, 0.05) is 0 Å². The Morgan fingerprint density at radius 1 is 0.526 bits per heavy atom. The summed E-state index contributed by atoms with van der Waals surface area (Å²) in [5, 5.41) is 56.4. The first-order chi connectivity index (χ1) is 8.91. The van der Waals surface area contributed by atoms with Crippen LogP contribution in [-0.2, 0) is 0 Å². The highest BCUT2D eigenvalue weighted by Gasteiger charge is 2.16. The number of phenolic OH excluding ortho intramolecular Hbond substituents is 6. The summed E-state index contributed by atoms with van der Waals surface area (Å²) in [5.74, 6) is -3.38. The molecule has 0 spiro atoms. The average molecular weight is 282 g/mol. The van der Waals surface area contributed by atoms with E-state index in [-0.39, 0.29) is 9.79 Å². The van der Waals surface area contributed by atoms with E-state index in [1.807, 2.05) is 0 Å². The first kappa shape index (κ1) is 13.0. The molecule has 2 aromatic carbocycles. The van der Waals surface area contributed by atoms with Gasteiger partial charge in [-0.1, -0.05) is 11.8 Å². The maximum atomic E-state index is 9.63. The molecule has 0 bridgehead atoms. The van der Waals surface area contributed by atoms with Crippen molar-refractivity contribution >= 4 is 11.8 Å². The predicted octanol–water partition coefficient (Wildman–Crippen LogP) is 2.07. The van der Waals surface area contributed by atoms with Gasteiger partial charge in [-0.15, -0.1) is 0 Å². The molecule has 0 aliphatic heterocycles. The van der Waals surface area contributed by atoms with E-state index in [1.54, 1.807) is 0 Å². The van der Waals surface area contributed by atoms with Crippen LogP contribution in [0.3, 0.4) is 0 Å². The fraction of sp³-hybridized carbons (Fsp3) is 0. The molecule has 0 aromatic heterocycles. The number of hydrogen-bond acceptors (Lipinski definition) is 7. The Labute approximate surface area is 111 Å². The van der Waals surface area contributed by atoms with Gasteiger partial charge < -0.3 is 30.6 Å². The zero-order chi connectivity index (χ0) is 14.2. The normalized spacial score (nSPS) is 10.5. The van der Waals surface area contributed by atoms with Crippen molar-refractivity contribution in [3.8, 4) is 34.5 Å². The highest BCUT2D eigenvalue weighted by atomic mass is 32.2. The van der Waals surface area contributed by atoms with Crippen molar-refractivity contribution in [1.82, 2.24) is 0 Å². The summed E-state index contributed by atoms with van der Waals surface area (Å²) in [5.41, 5.74) is 0. The maximum Gasteiger partial charge on any atom is 0.201 e. The van der Waals surface area contributed by atoms with Gasteiger partial charge >= 0.3 is 0 Å². The van der Waals surface area contributed by atoms with Crippen LogP contribution < -0.4 is 0 Å². The van der Waals surface area contributed by atoms with Crippen LogP contribution in [0.25, 0.3) is 0 Å². The monoisotopic (exact) mass is 282 g/mol. The van der Waals surface area contributed by atoms with Gasteiger partial charge in [0.1, 0.15) is 0 Å². The van der Waals surface area contributed by atoms with Gasteiger partial charge in [-0.2, -0.15) is 0 Å². The molecule has 0 atom stereocenters. The summed E-state index contributed by atoms with van der Waals surface area (Å²) < 4.78 is 0. The molecule has 0 saturated carbocycles. The second-order valence-corrected chi connectivity index (χ2v) is 4.75. The summed E-state index contributed by atoms with van der Waals surface area (Å²) in [6.07, 6.45) is 0. The van der Waals surface area contributed by atoms with Crippen molar-refractivity contribution in [2.24, 2.45) is 0 Å². The molecule has 0 heterocycles. The molecule has 0 aliphatic rings. The van der Waals surface area contributed by atoms with Crippen LogP contribution >= 0.6 is 11.8 Å². The van der Waals surface area contributed by atoms with Crippen LogP contribution in [0.5, 0.6) is 34.5 Å². The van der Waals surface area contributed by atoms with E-state index >= 15 is 0 Å². The Kier molecular flexibility index (Phi) is 3.22. The number of rotatable bonds is 2. The van der Waals surface area contributed by atoms with E-state index in [1.165, 1.54) is 24.3 Å². The molecule has 0 aliphatic carbocycles. The van der Waals surface area contributed by atoms with Crippen LogP contribution in [0.1, 0.15) is 0 Å². The largest absolute Gasteiger partial charge is 0.504 e. The summed E-state index contributed by atoms with van der Waals surface area (Å²) in [6, 6.07) is 5.01. The summed E-state index contributed by atoms with van der Waals surface area (Å²) in [7, 11) is 0. The third-order valence-electron chi connectivity index (χ3n) is 2.41. The molecule has 100 valence electrons. The summed E-state index contributed by atoms with van der Waals surface area (Å²) in [4.78, 5) is 0.325. The highest BCUT2D eigenvalue weighted by molar-refractivity contribution is 7.99. The first-order valence-electron chi connectivity index (χ1n) is 5.07. The van der Waals surface area contributed by atoms with Crippen molar-refractivity contribution in [1.29, 1.82) is 0 Å². The topological polar surface area (TPSA) is 121 Å². The zero-order valence-electron chi connectivity index (χ0n) is 9.40. The lowest BCUT2D eigenvalue weighted by molar-refractivity contribution is 0.360. The first-order valence-corrected chi connectivity index (χ1v) is 5.89. The molecule has 2 aromatic rings. The lowest BCUT2D eigenvalue weighted by Crippen LogP contribution is -1.80. The number of benzene rings is 2. The predicted molar refractivity (Wildman–Crippen MR) is 67.0 cm³/mol. The molecule has 0 radical (unpaired) electrons. The Balaban J connectivity index is 2.43. The Morgan fingerprint density at radius 3 is 1.26 bits per heavy atom. The second kappa shape index (κ2) is 4.69. The quantitative estimate of drug-likeness (QED) is 0.466. The van der Waals surface area contributed by atoms with E-state index in [0.29, 0.717) is 0 Å². The standard InChI is InChI=1S/C12H10O6S/c13-5-1-3-7(11(17)9(5)15)19-8-4-2-6(14)10(16)12(8)18/h1-4,13-18H. The molecule has 0 saturated heterocycles. The van der Waals surface area contributed by atoms with Crippen LogP contribution in [0, 0.1) is 0 Å². The fourth-order valence-electron chi connectivity index (χ4n) is 1.38. The van der Waals surface area contributed by atoms with Gasteiger partial charge in [-0.25, -0.2) is 0 Å². The van der Waals surface area contributed by atoms with Gasteiger partial charge in [-0.05, 0) is 24.3 Å². The Bertz CT molecular complexity index is 585. The van der Waals surface area contributed by atoms with Crippen molar-refractivity contribution < 1.29 is 30.6 Å². The van der Waals surface area contributed by atoms with Crippen molar-refractivity contribution in [2.45, 2.75) is 9.79 Å². The average Bonchev–Trinajstić information content (AvgIpc) is 2.39. The van der Waals surface area contributed by atoms with Crippen LogP contribution in [0.4, 0.5) is 0 Å². The van der Waals surface area contributed by atoms with E-state index in [4.69, 9.17) is 0 Å². The molecule has 0 amide bonds. The third-order valence-corrected chi connectivity index (χ3v) is 3.50. The lowest BCUT2D eigenvalue weighted by atomic mass is 10.3. The Morgan fingerprint density at radius 2 is 0.895 bits per heavy atom.